The van der Waals surface area contributed by atoms with Crippen LogP contribution in [0.3, 0.4) is 0 Å². The van der Waals surface area contributed by atoms with E-state index in [1.807, 2.05) is 42.5 Å². The maximum atomic E-state index is 10.4. The molecule has 2 rings (SSSR count). The number of unbranched alkanes of at least 4 members (excludes halogenated alkanes) is 4. The van der Waals surface area contributed by atoms with Gasteiger partial charge in [0.1, 0.15) is 5.75 Å². The lowest BCUT2D eigenvalue weighted by Gasteiger charge is -2.13. The van der Waals surface area contributed by atoms with Crippen molar-refractivity contribution >= 4 is 0 Å². The van der Waals surface area contributed by atoms with Gasteiger partial charge in [0.2, 0.25) is 0 Å². The summed E-state index contributed by atoms with van der Waals surface area (Å²) in [6.07, 6.45) is 7.35. The molecule has 0 aliphatic rings. The van der Waals surface area contributed by atoms with Gasteiger partial charge in [-0.25, -0.2) is 0 Å². The normalized spacial score (nSPS) is 12.1. The van der Waals surface area contributed by atoms with Gasteiger partial charge in [0.05, 0.1) is 12.7 Å². The summed E-state index contributed by atoms with van der Waals surface area (Å²) >= 11 is 0. The molecule has 0 bridgehead atoms. The molecule has 0 spiro atoms. The molecule has 1 unspecified atom stereocenters. The van der Waals surface area contributed by atoms with E-state index in [4.69, 9.17) is 4.74 Å². The average Bonchev–Trinajstić information content (AvgIpc) is 2.64. The summed E-state index contributed by atoms with van der Waals surface area (Å²) in [4.78, 5) is 0. The lowest BCUT2D eigenvalue weighted by atomic mass is 10.0. The number of ether oxygens (including phenoxy) is 1. The number of hydrogen-bond acceptors (Lipinski definition) is 2. The summed E-state index contributed by atoms with van der Waals surface area (Å²) < 4.78 is 5.83. The van der Waals surface area contributed by atoms with Crippen LogP contribution in [0.5, 0.6) is 5.75 Å². The zero-order valence-corrected chi connectivity index (χ0v) is 14.8. The fraction of sp³-hybridized carbons (Fsp3) is 0.455. The van der Waals surface area contributed by atoms with Gasteiger partial charge in [-0.3, -0.25) is 0 Å². The molecule has 1 N–H and O–H groups in total. The van der Waals surface area contributed by atoms with Gasteiger partial charge in [0.25, 0.3) is 0 Å². The first kappa shape index (κ1) is 18.5. The van der Waals surface area contributed by atoms with Crippen molar-refractivity contribution in [2.75, 3.05) is 6.61 Å². The van der Waals surface area contributed by atoms with Crippen LogP contribution in [0.1, 0.15) is 62.7 Å². The van der Waals surface area contributed by atoms with Crippen molar-refractivity contribution in [2.45, 2.75) is 58.0 Å². The first-order chi connectivity index (χ1) is 11.8. The van der Waals surface area contributed by atoms with Crippen LogP contribution in [0.4, 0.5) is 0 Å². The van der Waals surface area contributed by atoms with Crippen molar-refractivity contribution in [2.24, 2.45) is 0 Å². The summed E-state index contributed by atoms with van der Waals surface area (Å²) in [7, 11) is 0. The molecule has 0 saturated heterocycles. The molecule has 2 nitrogen and oxygen atoms in total. The Bertz CT molecular complexity index is 565. The largest absolute Gasteiger partial charge is 0.494 e. The van der Waals surface area contributed by atoms with E-state index in [2.05, 4.69) is 19.1 Å². The number of aliphatic hydroxyl groups excluding tert-OH is 1. The quantitative estimate of drug-likeness (QED) is 0.537. The molecule has 24 heavy (non-hydrogen) atoms. The maximum Gasteiger partial charge on any atom is 0.119 e. The minimum Gasteiger partial charge on any atom is -0.494 e. The lowest BCUT2D eigenvalue weighted by molar-refractivity contribution is 0.167. The van der Waals surface area contributed by atoms with Gasteiger partial charge in [-0.2, -0.15) is 0 Å². The molecular formula is C22H30O2. The summed E-state index contributed by atoms with van der Waals surface area (Å²) in [5, 5.41) is 10.4. The van der Waals surface area contributed by atoms with E-state index in [0.717, 1.165) is 37.2 Å². The Morgan fingerprint density at radius 2 is 1.71 bits per heavy atom. The predicted molar refractivity (Wildman–Crippen MR) is 100 cm³/mol. The number of hydrogen-bond donors (Lipinski definition) is 1. The standard InChI is InChI=1S/C22H30O2/c1-2-3-4-5-9-17-24-21-14-10-13-20(18-21)22(23)16-15-19-11-7-6-8-12-19/h6-8,10-14,18,22-23H,2-5,9,15-17H2,1H3. The maximum absolute atomic E-state index is 10.4. The molecule has 0 fully saturated rings. The summed E-state index contributed by atoms with van der Waals surface area (Å²) in [5.74, 6) is 0.863. The molecule has 130 valence electrons. The summed E-state index contributed by atoms with van der Waals surface area (Å²) in [6.45, 7) is 2.98. The van der Waals surface area contributed by atoms with Crippen molar-refractivity contribution in [1.82, 2.24) is 0 Å². The van der Waals surface area contributed by atoms with Crippen LogP contribution in [-0.2, 0) is 6.42 Å². The smallest absolute Gasteiger partial charge is 0.119 e. The molecule has 1 atom stereocenters. The molecule has 0 radical (unpaired) electrons. The minimum atomic E-state index is -0.446. The van der Waals surface area contributed by atoms with Crippen molar-refractivity contribution in [3.63, 3.8) is 0 Å². The van der Waals surface area contributed by atoms with Crippen molar-refractivity contribution < 1.29 is 9.84 Å². The highest BCUT2D eigenvalue weighted by Gasteiger charge is 2.09. The third kappa shape index (κ3) is 6.76. The fourth-order valence-corrected chi connectivity index (χ4v) is 2.82. The first-order valence-corrected chi connectivity index (χ1v) is 9.24. The lowest BCUT2D eigenvalue weighted by Crippen LogP contribution is -2.02. The zero-order chi connectivity index (χ0) is 17.0. The third-order valence-electron chi connectivity index (χ3n) is 4.31. The average molecular weight is 326 g/mol. The highest BCUT2D eigenvalue weighted by Crippen LogP contribution is 2.23. The van der Waals surface area contributed by atoms with Gasteiger partial charge < -0.3 is 9.84 Å². The van der Waals surface area contributed by atoms with E-state index in [0.29, 0.717) is 0 Å². The van der Waals surface area contributed by atoms with E-state index in [1.165, 1.54) is 31.2 Å². The number of benzene rings is 2. The summed E-state index contributed by atoms with van der Waals surface area (Å²) in [6, 6.07) is 18.2. The van der Waals surface area contributed by atoms with Crippen LogP contribution in [0.15, 0.2) is 54.6 Å². The van der Waals surface area contributed by atoms with Gasteiger partial charge in [-0.05, 0) is 42.5 Å². The number of aliphatic hydroxyl groups is 1. The number of aryl methyl sites for hydroxylation is 1. The van der Waals surface area contributed by atoms with Gasteiger partial charge in [0.15, 0.2) is 0 Å². The third-order valence-corrected chi connectivity index (χ3v) is 4.31. The van der Waals surface area contributed by atoms with Gasteiger partial charge >= 0.3 is 0 Å². The van der Waals surface area contributed by atoms with Crippen LogP contribution < -0.4 is 4.74 Å². The Morgan fingerprint density at radius 3 is 2.50 bits per heavy atom. The number of rotatable bonds is 11. The molecule has 2 aromatic carbocycles. The molecular weight excluding hydrogens is 296 g/mol. The molecule has 0 aromatic heterocycles. The van der Waals surface area contributed by atoms with Crippen molar-refractivity contribution in [3.05, 3.63) is 65.7 Å². The molecule has 2 aromatic rings. The fourth-order valence-electron chi connectivity index (χ4n) is 2.82. The van der Waals surface area contributed by atoms with E-state index in [1.54, 1.807) is 0 Å². The molecule has 0 saturated carbocycles. The molecule has 0 amide bonds. The Balaban J connectivity index is 1.76. The highest BCUT2D eigenvalue weighted by molar-refractivity contribution is 5.30. The van der Waals surface area contributed by atoms with E-state index in [9.17, 15) is 5.11 Å². The monoisotopic (exact) mass is 326 g/mol. The van der Waals surface area contributed by atoms with Crippen LogP contribution >= 0.6 is 0 Å². The zero-order valence-electron chi connectivity index (χ0n) is 14.8. The highest BCUT2D eigenvalue weighted by atomic mass is 16.5. The van der Waals surface area contributed by atoms with Gasteiger partial charge in [-0.15, -0.1) is 0 Å². The first-order valence-electron chi connectivity index (χ1n) is 9.24. The topological polar surface area (TPSA) is 29.5 Å². The van der Waals surface area contributed by atoms with Crippen LogP contribution in [0.25, 0.3) is 0 Å². The van der Waals surface area contributed by atoms with Crippen LogP contribution in [0.2, 0.25) is 0 Å². The minimum absolute atomic E-state index is 0.446. The van der Waals surface area contributed by atoms with Crippen molar-refractivity contribution in [3.8, 4) is 5.75 Å². The SMILES string of the molecule is CCCCCCCOc1cccc(C(O)CCc2ccccc2)c1. The van der Waals surface area contributed by atoms with Gasteiger partial charge in [0, 0.05) is 0 Å². The Kier molecular flexibility index (Phi) is 8.40. The van der Waals surface area contributed by atoms with Crippen molar-refractivity contribution in [1.29, 1.82) is 0 Å². The van der Waals surface area contributed by atoms with Crippen LogP contribution in [0, 0.1) is 0 Å². The molecule has 2 heteroatoms. The van der Waals surface area contributed by atoms with E-state index in [-0.39, 0.29) is 0 Å². The molecule has 0 aliphatic heterocycles. The summed E-state index contributed by atoms with van der Waals surface area (Å²) in [5.41, 5.74) is 2.20. The second-order valence-corrected chi connectivity index (χ2v) is 6.38. The Labute approximate surface area is 146 Å². The van der Waals surface area contributed by atoms with E-state index >= 15 is 0 Å². The second-order valence-electron chi connectivity index (χ2n) is 6.38. The second kappa shape index (κ2) is 10.9. The predicted octanol–water partition coefficient (Wildman–Crippen LogP) is 5.70. The van der Waals surface area contributed by atoms with Crippen LogP contribution in [-0.4, -0.2) is 11.7 Å². The van der Waals surface area contributed by atoms with Gasteiger partial charge in [-0.1, -0.05) is 75.1 Å². The van der Waals surface area contributed by atoms with E-state index < -0.39 is 6.10 Å². The molecule has 0 heterocycles. The molecule has 0 aliphatic carbocycles. The Hall–Kier alpha value is -1.80. The Morgan fingerprint density at radius 1 is 0.917 bits per heavy atom.